The lowest BCUT2D eigenvalue weighted by Crippen LogP contribution is -2.38. The van der Waals surface area contributed by atoms with Gasteiger partial charge in [0.15, 0.2) is 0 Å². The van der Waals surface area contributed by atoms with Gasteiger partial charge < -0.3 is 10.6 Å². The van der Waals surface area contributed by atoms with Crippen LogP contribution in [0, 0.1) is 0 Å². The molecule has 2 heterocycles. The lowest BCUT2D eigenvalue weighted by molar-refractivity contribution is 0.719. The molecule has 6 nitrogen and oxygen atoms in total. The number of benzene rings is 2. The summed E-state index contributed by atoms with van der Waals surface area (Å²) in [5, 5.41) is 1.67. The van der Waals surface area contributed by atoms with Crippen molar-refractivity contribution in [3.63, 3.8) is 0 Å². The number of nitrogen functional groups attached to an aromatic ring is 1. The third-order valence-corrected chi connectivity index (χ3v) is 6.73. The van der Waals surface area contributed by atoms with E-state index in [0.717, 1.165) is 20.5 Å². The molecule has 0 radical (unpaired) electrons. The van der Waals surface area contributed by atoms with E-state index in [1.807, 2.05) is 66.4 Å². The predicted octanol–water partition coefficient (Wildman–Crippen LogP) is 4.06. The lowest BCUT2D eigenvalue weighted by Gasteiger charge is -2.24. The molecule has 0 amide bonds. The van der Waals surface area contributed by atoms with Gasteiger partial charge in [0.05, 0.1) is 18.1 Å². The molecule has 0 aliphatic rings. The molecule has 0 spiro atoms. The number of hydrogen-bond donors (Lipinski definition) is 2. The fraction of sp³-hybridized carbons (Fsp3) is 0.182. The first-order valence-electron chi connectivity index (χ1n) is 9.57. The van der Waals surface area contributed by atoms with Crippen molar-refractivity contribution >= 4 is 44.5 Å². The fourth-order valence-electron chi connectivity index (χ4n) is 3.49. The highest BCUT2D eigenvalue weighted by molar-refractivity contribution is 7.19. The number of nitrogens with zero attached hydrogens (tertiary/aromatic N) is 2. The number of halogens is 1. The number of hydrogen-bond acceptors (Lipinski definition) is 5. The van der Waals surface area contributed by atoms with Gasteiger partial charge in [-0.1, -0.05) is 60.1 Å². The number of anilines is 2. The van der Waals surface area contributed by atoms with Crippen molar-refractivity contribution in [3.8, 4) is 0 Å². The molecule has 3 N–H and O–H groups in total. The minimum absolute atomic E-state index is 0.145. The van der Waals surface area contributed by atoms with E-state index in [1.54, 1.807) is 11.3 Å². The zero-order chi connectivity index (χ0) is 21.3. The molecule has 0 saturated heterocycles. The smallest absolute Gasteiger partial charge is 0.330 e. The highest BCUT2D eigenvalue weighted by Gasteiger charge is 2.20. The molecule has 2 aromatic carbocycles. The Morgan fingerprint density at radius 1 is 1.10 bits per heavy atom. The summed E-state index contributed by atoms with van der Waals surface area (Å²) in [5.41, 5.74) is 6.52. The van der Waals surface area contributed by atoms with Gasteiger partial charge in [0.2, 0.25) is 0 Å². The summed E-state index contributed by atoms with van der Waals surface area (Å²) in [6.07, 6.45) is 0. The van der Waals surface area contributed by atoms with Crippen molar-refractivity contribution < 1.29 is 0 Å². The van der Waals surface area contributed by atoms with Gasteiger partial charge in [0.25, 0.3) is 5.56 Å². The maximum atomic E-state index is 12.7. The van der Waals surface area contributed by atoms with E-state index in [4.69, 9.17) is 17.3 Å². The third kappa shape index (κ3) is 3.74. The van der Waals surface area contributed by atoms with E-state index >= 15 is 0 Å². The van der Waals surface area contributed by atoms with Crippen LogP contribution in [0.4, 0.5) is 11.5 Å². The quantitative estimate of drug-likeness (QED) is 0.473. The first-order chi connectivity index (χ1) is 14.5. The number of H-pyrrole nitrogens is 1. The topological polar surface area (TPSA) is 84.1 Å². The van der Waals surface area contributed by atoms with Crippen molar-refractivity contribution in [2.75, 3.05) is 17.2 Å². The van der Waals surface area contributed by atoms with Crippen LogP contribution in [-0.4, -0.2) is 16.1 Å². The fourth-order valence-corrected chi connectivity index (χ4v) is 5.00. The minimum Gasteiger partial charge on any atom is -0.383 e. The summed E-state index contributed by atoms with van der Waals surface area (Å²) in [4.78, 5) is 30.3. The zero-order valence-electron chi connectivity index (χ0n) is 16.4. The molecular formula is C22H21ClN4O2S. The summed E-state index contributed by atoms with van der Waals surface area (Å²) in [5.74, 6) is 0.145. The van der Waals surface area contributed by atoms with Crippen LogP contribution in [-0.2, 0) is 13.1 Å². The molecule has 0 fully saturated rings. The van der Waals surface area contributed by atoms with Gasteiger partial charge in [0.1, 0.15) is 11.5 Å². The molecule has 8 heteroatoms. The normalized spacial score (nSPS) is 11.1. The van der Waals surface area contributed by atoms with E-state index in [1.165, 1.54) is 4.57 Å². The molecule has 4 aromatic rings. The summed E-state index contributed by atoms with van der Waals surface area (Å²) in [6, 6.07) is 17.4. The predicted molar refractivity (Wildman–Crippen MR) is 125 cm³/mol. The number of aromatic amines is 1. The van der Waals surface area contributed by atoms with Crippen molar-refractivity contribution in [1.82, 2.24) is 9.55 Å². The van der Waals surface area contributed by atoms with Gasteiger partial charge in [-0.3, -0.25) is 14.3 Å². The van der Waals surface area contributed by atoms with Crippen molar-refractivity contribution in [3.05, 3.63) is 90.9 Å². The molecule has 0 bridgehead atoms. The molecular weight excluding hydrogens is 420 g/mol. The number of aromatic nitrogens is 2. The summed E-state index contributed by atoms with van der Waals surface area (Å²) in [6.45, 7) is 3.16. The monoisotopic (exact) mass is 440 g/mol. The molecule has 4 rings (SSSR count). The Balaban J connectivity index is 1.75. The summed E-state index contributed by atoms with van der Waals surface area (Å²) in [7, 11) is 0. The zero-order valence-corrected chi connectivity index (χ0v) is 18.0. The standard InChI is InChI=1S/C22H21ClN4O2S/c1-2-26(13-17-18(23)15-10-6-7-11-16(15)30-17)19-20(24)27(22(29)25-21(19)28)12-14-8-4-3-5-9-14/h3-11H,2,12-13,24H2,1H3,(H,25,28,29). The second-order valence-electron chi connectivity index (χ2n) is 6.91. The molecule has 0 atom stereocenters. The van der Waals surface area contributed by atoms with Crippen molar-refractivity contribution in [2.45, 2.75) is 20.0 Å². The highest BCUT2D eigenvalue weighted by Crippen LogP contribution is 2.36. The Morgan fingerprint density at radius 3 is 2.50 bits per heavy atom. The van der Waals surface area contributed by atoms with E-state index in [9.17, 15) is 9.59 Å². The lowest BCUT2D eigenvalue weighted by atomic mass is 10.2. The van der Waals surface area contributed by atoms with E-state index in [-0.39, 0.29) is 18.1 Å². The highest BCUT2D eigenvalue weighted by atomic mass is 35.5. The minimum atomic E-state index is -0.527. The molecule has 2 aromatic heterocycles. The van der Waals surface area contributed by atoms with Gasteiger partial charge >= 0.3 is 5.69 Å². The third-order valence-electron chi connectivity index (χ3n) is 5.03. The Morgan fingerprint density at radius 2 is 1.80 bits per heavy atom. The maximum Gasteiger partial charge on any atom is 0.330 e. The van der Waals surface area contributed by atoms with Crippen LogP contribution < -0.4 is 21.9 Å². The Bertz CT molecular complexity index is 1310. The number of rotatable bonds is 6. The number of fused-ring (bicyclic) bond motifs is 1. The number of thiophene rings is 1. The van der Waals surface area contributed by atoms with Crippen LogP contribution in [0.15, 0.2) is 64.2 Å². The number of nitrogens with two attached hydrogens (primary N) is 1. The van der Waals surface area contributed by atoms with Gasteiger partial charge in [-0.2, -0.15) is 0 Å². The van der Waals surface area contributed by atoms with Crippen molar-refractivity contribution in [1.29, 1.82) is 0 Å². The molecule has 0 unspecified atom stereocenters. The Hall–Kier alpha value is -3.03. The van der Waals surface area contributed by atoms with Crippen LogP contribution in [0.1, 0.15) is 17.4 Å². The van der Waals surface area contributed by atoms with E-state index in [0.29, 0.717) is 18.1 Å². The molecule has 0 aliphatic heterocycles. The van der Waals surface area contributed by atoms with Gasteiger partial charge in [-0.05, 0) is 18.6 Å². The van der Waals surface area contributed by atoms with E-state index < -0.39 is 11.2 Å². The first-order valence-corrected chi connectivity index (χ1v) is 10.8. The molecule has 154 valence electrons. The molecule has 0 saturated carbocycles. The second-order valence-corrected chi connectivity index (χ2v) is 8.43. The van der Waals surface area contributed by atoms with Gasteiger partial charge in [-0.15, -0.1) is 11.3 Å². The van der Waals surface area contributed by atoms with E-state index in [2.05, 4.69) is 4.98 Å². The van der Waals surface area contributed by atoms with Crippen molar-refractivity contribution in [2.24, 2.45) is 0 Å². The molecule has 0 aliphatic carbocycles. The van der Waals surface area contributed by atoms with Crippen LogP contribution >= 0.6 is 22.9 Å². The maximum absolute atomic E-state index is 12.7. The SMILES string of the molecule is CCN(Cc1sc2ccccc2c1Cl)c1c(N)n(Cc2ccccc2)c(=O)[nH]c1=O. The average Bonchev–Trinajstić information content (AvgIpc) is 3.06. The average molecular weight is 441 g/mol. The van der Waals surface area contributed by atoms with Crippen LogP contribution in [0.3, 0.4) is 0 Å². The summed E-state index contributed by atoms with van der Waals surface area (Å²) < 4.78 is 2.48. The van der Waals surface area contributed by atoms with Crippen LogP contribution in [0.25, 0.3) is 10.1 Å². The van der Waals surface area contributed by atoms with Crippen LogP contribution in [0.5, 0.6) is 0 Å². The van der Waals surface area contributed by atoms with Gasteiger partial charge in [-0.25, -0.2) is 4.79 Å². The summed E-state index contributed by atoms with van der Waals surface area (Å²) >= 11 is 8.19. The molecule has 30 heavy (non-hydrogen) atoms. The van der Waals surface area contributed by atoms with Gasteiger partial charge in [0, 0.05) is 21.5 Å². The Labute approximate surface area is 182 Å². The van der Waals surface area contributed by atoms with Crippen LogP contribution in [0.2, 0.25) is 5.02 Å². The second kappa shape index (κ2) is 8.38. The number of nitrogens with one attached hydrogen (secondary N) is 1. The largest absolute Gasteiger partial charge is 0.383 e. The Kier molecular flexibility index (Phi) is 5.65. The first kappa shape index (κ1) is 20.3.